The molecule has 0 radical (unpaired) electrons. The Kier molecular flexibility index (Phi) is 4.62. The van der Waals surface area contributed by atoms with Gasteiger partial charge in [-0.25, -0.2) is 0 Å². The van der Waals surface area contributed by atoms with Gasteiger partial charge in [-0.2, -0.15) is 0 Å². The van der Waals surface area contributed by atoms with Crippen LogP contribution in [0.4, 0.5) is 0 Å². The highest BCUT2D eigenvalue weighted by Crippen LogP contribution is 2.11. The molecule has 0 aliphatic carbocycles. The van der Waals surface area contributed by atoms with E-state index >= 15 is 0 Å². The van der Waals surface area contributed by atoms with E-state index < -0.39 is 29.7 Å². The maximum atomic E-state index is 11.6. The molecule has 8 heteroatoms. The van der Waals surface area contributed by atoms with Crippen LogP contribution >= 0.6 is 0 Å². The first-order valence-corrected chi connectivity index (χ1v) is 6.56. The molecule has 0 saturated carbocycles. The van der Waals surface area contributed by atoms with E-state index in [9.17, 15) is 24.0 Å². The Morgan fingerprint density at radius 1 is 0.909 bits per heavy atom. The molecule has 0 spiro atoms. The summed E-state index contributed by atoms with van der Waals surface area (Å²) in [5.41, 5.74) is 0. The van der Waals surface area contributed by atoms with Crippen LogP contribution < -0.4 is 0 Å². The number of Topliss-reactive ketones (excluding diaryl/α,β-unsaturated/α-hetero) is 1. The van der Waals surface area contributed by atoms with Crippen LogP contribution in [0.25, 0.3) is 0 Å². The Labute approximate surface area is 126 Å². The maximum Gasteiger partial charge on any atom is 0.253 e. The molecule has 0 saturated heterocycles. The molecule has 2 heterocycles. The predicted molar refractivity (Wildman–Crippen MR) is 72.1 cm³/mol. The zero-order valence-electron chi connectivity index (χ0n) is 11.9. The molecule has 0 N–H and O–H groups in total. The molecule has 8 nitrogen and oxygen atoms in total. The molecule has 0 unspecified atom stereocenters. The summed E-state index contributed by atoms with van der Waals surface area (Å²) in [4.78, 5) is 59.1. The number of hydrogen-bond acceptors (Lipinski definition) is 6. The molecule has 0 aromatic heterocycles. The van der Waals surface area contributed by atoms with Gasteiger partial charge in [0, 0.05) is 24.3 Å². The topological polar surface area (TPSA) is 101 Å². The van der Waals surface area contributed by atoms with Crippen molar-refractivity contribution < 1.29 is 28.7 Å². The summed E-state index contributed by atoms with van der Waals surface area (Å²) >= 11 is 0. The monoisotopic (exact) mass is 306 g/mol. The van der Waals surface area contributed by atoms with E-state index in [2.05, 4.69) is 0 Å². The summed E-state index contributed by atoms with van der Waals surface area (Å²) in [5, 5.41) is 0. The highest BCUT2D eigenvalue weighted by molar-refractivity contribution is 6.13. The number of ketones is 1. The highest BCUT2D eigenvalue weighted by Gasteiger charge is 2.31. The minimum Gasteiger partial charge on any atom is -0.367 e. The van der Waals surface area contributed by atoms with Gasteiger partial charge < -0.3 is 4.74 Å². The number of rotatable bonds is 7. The van der Waals surface area contributed by atoms with Gasteiger partial charge in [-0.15, -0.1) is 0 Å². The van der Waals surface area contributed by atoms with Crippen LogP contribution in [0.3, 0.4) is 0 Å². The average Bonchev–Trinajstić information content (AvgIpc) is 2.94. The van der Waals surface area contributed by atoms with Gasteiger partial charge in [-0.05, 0) is 6.92 Å². The largest absolute Gasteiger partial charge is 0.367 e. The van der Waals surface area contributed by atoms with E-state index in [1.54, 1.807) is 0 Å². The van der Waals surface area contributed by atoms with Crippen LogP contribution in [0.15, 0.2) is 24.3 Å². The Balaban J connectivity index is 2.04. The van der Waals surface area contributed by atoms with E-state index in [1.807, 2.05) is 0 Å². The number of hydrogen-bond donors (Lipinski definition) is 0. The Bertz CT molecular complexity index is 526. The van der Waals surface area contributed by atoms with Gasteiger partial charge in [-0.3, -0.25) is 33.8 Å². The minimum atomic E-state index is -0.829. The van der Waals surface area contributed by atoms with Crippen LogP contribution in [-0.2, 0) is 28.7 Å². The Hall–Kier alpha value is -2.61. The van der Waals surface area contributed by atoms with Gasteiger partial charge >= 0.3 is 0 Å². The third-order valence-corrected chi connectivity index (χ3v) is 3.10. The second-order valence-corrected chi connectivity index (χ2v) is 4.88. The molecule has 0 aromatic rings. The molecule has 2 aliphatic heterocycles. The fourth-order valence-corrected chi connectivity index (χ4v) is 2.03. The second-order valence-electron chi connectivity index (χ2n) is 4.88. The zero-order valence-corrected chi connectivity index (χ0v) is 11.9. The van der Waals surface area contributed by atoms with Crippen molar-refractivity contribution in [3.63, 3.8) is 0 Å². The standard InChI is InChI=1S/C14H14N2O6/c1-9(17)8-22-10(6-15-11(18)2-3-12(15)19)7-16-13(20)4-5-14(16)21/h2-5,10H,6-8H2,1H3. The van der Waals surface area contributed by atoms with Crippen molar-refractivity contribution in [3.05, 3.63) is 24.3 Å². The van der Waals surface area contributed by atoms with E-state index in [0.29, 0.717) is 0 Å². The third-order valence-electron chi connectivity index (χ3n) is 3.10. The summed E-state index contributed by atoms with van der Waals surface area (Å²) in [6.45, 7) is 0.792. The number of carbonyl (C=O) groups is 5. The van der Waals surface area contributed by atoms with E-state index in [1.165, 1.54) is 6.92 Å². The number of carbonyl (C=O) groups excluding carboxylic acids is 5. The predicted octanol–water partition coefficient (Wildman–Crippen LogP) is -1.19. The first-order chi connectivity index (χ1) is 10.4. The summed E-state index contributed by atoms with van der Waals surface area (Å²) in [5.74, 6) is -2.26. The quantitative estimate of drug-likeness (QED) is 0.548. The van der Waals surface area contributed by atoms with Crippen molar-refractivity contribution in [1.29, 1.82) is 0 Å². The Morgan fingerprint density at radius 3 is 1.59 bits per heavy atom. The average molecular weight is 306 g/mol. The van der Waals surface area contributed by atoms with Crippen molar-refractivity contribution in [2.45, 2.75) is 13.0 Å². The lowest BCUT2D eigenvalue weighted by atomic mass is 10.3. The smallest absolute Gasteiger partial charge is 0.253 e. The fourth-order valence-electron chi connectivity index (χ4n) is 2.03. The van der Waals surface area contributed by atoms with Gasteiger partial charge in [0.05, 0.1) is 19.2 Å². The normalized spacial score (nSPS) is 17.5. The highest BCUT2D eigenvalue weighted by atomic mass is 16.5. The summed E-state index contributed by atoms with van der Waals surface area (Å²) in [6, 6.07) is 0. The van der Waals surface area contributed by atoms with Gasteiger partial charge in [0.1, 0.15) is 6.61 Å². The van der Waals surface area contributed by atoms with Gasteiger partial charge in [0.2, 0.25) is 0 Å². The molecule has 2 aliphatic rings. The van der Waals surface area contributed by atoms with E-state index in [4.69, 9.17) is 4.74 Å². The van der Waals surface area contributed by atoms with Crippen LogP contribution in [0.1, 0.15) is 6.92 Å². The summed E-state index contributed by atoms with van der Waals surface area (Å²) < 4.78 is 5.32. The maximum absolute atomic E-state index is 11.6. The lowest BCUT2D eigenvalue weighted by Gasteiger charge is -2.25. The van der Waals surface area contributed by atoms with Crippen LogP contribution in [0, 0.1) is 0 Å². The molecule has 0 atom stereocenters. The second kappa shape index (κ2) is 6.44. The lowest BCUT2D eigenvalue weighted by molar-refractivity contribution is -0.142. The third kappa shape index (κ3) is 3.53. The molecule has 0 aromatic carbocycles. The molecular formula is C14H14N2O6. The van der Waals surface area contributed by atoms with Gasteiger partial charge in [0.25, 0.3) is 23.6 Å². The molecule has 4 amide bonds. The first kappa shape index (κ1) is 15.8. The van der Waals surface area contributed by atoms with Crippen molar-refractivity contribution in [2.75, 3.05) is 19.7 Å². The number of imide groups is 2. The lowest BCUT2D eigenvalue weighted by Crippen LogP contribution is -2.46. The van der Waals surface area contributed by atoms with Crippen molar-refractivity contribution in [1.82, 2.24) is 9.80 Å². The zero-order chi connectivity index (χ0) is 16.3. The molecule has 116 valence electrons. The molecule has 0 bridgehead atoms. The number of nitrogens with zero attached hydrogens (tertiary/aromatic N) is 2. The molecular weight excluding hydrogens is 292 g/mol. The fraction of sp³-hybridized carbons (Fsp3) is 0.357. The summed E-state index contributed by atoms with van der Waals surface area (Å²) in [6.07, 6.45) is 3.66. The van der Waals surface area contributed by atoms with Crippen LogP contribution in [-0.4, -0.2) is 65.0 Å². The molecule has 22 heavy (non-hydrogen) atoms. The SMILES string of the molecule is CC(=O)COC(CN1C(=O)C=CC1=O)CN1C(=O)C=CC1=O. The van der Waals surface area contributed by atoms with E-state index in [0.717, 1.165) is 34.1 Å². The Morgan fingerprint density at radius 2 is 1.27 bits per heavy atom. The number of ether oxygens (including phenoxy) is 1. The van der Waals surface area contributed by atoms with Gasteiger partial charge in [-0.1, -0.05) is 0 Å². The molecule has 2 rings (SSSR count). The van der Waals surface area contributed by atoms with Crippen LogP contribution in [0.2, 0.25) is 0 Å². The van der Waals surface area contributed by atoms with Crippen molar-refractivity contribution in [2.24, 2.45) is 0 Å². The first-order valence-electron chi connectivity index (χ1n) is 6.56. The van der Waals surface area contributed by atoms with Crippen molar-refractivity contribution in [3.8, 4) is 0 Å². The molecule has 0 fully saturated rings. The van der Waals surface area contributed by atoms with Crippen molar-refractivity contribution >= 4 is 29.4 Å². The summed E-state index contributed by atoms with van der Waals surface area (Å²) in [7, 11) is 0. The number of amides is 4. The minimum absolute atomic E-state index is 0.144. The van der Waals surface area contributed by atoms with Gasteiger partial charge in [0.15, 0.2) is 5.78 Å². The van der Waals surface area contributed by atoms with Crippen LogP contribution in [0.5, 0.6) is 0 Å². The van der Waals surface area contributed by atoms with E-state index in [-0.39, 0.29) is 25.5 Å².